The van der Waals surface area contributed by atoms with Crippen LogP contribution < -0.4 is 10.6 Å². The third-order valence-corrected chi connectivity index (χ3v) is 6.25. The summed E-state index contributed by atoms with van der Waals surface area (Å²) in [5, 5.41) is 6.73. The van der Waals surface area contributed by atoms with Crippen molar-refractivity contribution in [2.24, 2.45) is 0 Å². The molecule has 32 heavy (non-hydrogen) atoms. The Kier molecular flexibility index (Phi) is 5.40. The number of rotatable bonds is 4. The number of hydrogen-bond acceptors (Lipinski definition) is 3. The molecule has 0 unspecified atom stereocenters. The van der Waals surface area contributed by atoms with Crippen molar-refractivity contribution in [1.82, 2.24) is 4.98 Å². The highest BCUT2D eigenvalue weighted by Gasteiger charge is 2.08. The van der Waals surface area contributed by atoms with Crippen LogP contribution in [0.3, 0.4) is 0 Å². The van der Waals surface area contributed by atoms with Crippen molar-refractivity contribution in [1.29, 1.82) is 0 Å². The van der Waals surface area contributed by atoms with Crippen molar-refractivity contribution in [2.75, 3.05) is 10.6 Å². The lowest BCUT2D eigenvalue weighted by Gasteiger charge is -2.09. The second-order valence-electron chi connectivity index (χ2n) is 7.59. The summed E-state index contributed by atoms with van der Waals surface area (Å²) in [6, 6.07) is 31.7. The Bertz CT molecular complexity index is 1370. The number of hydrogen-bond donors (Lipinski definition) is 2. The van der Waals surface area contributed by atoms with Crippen LogP contribution in [0.2, 0.25) is 0 Å². The van der Waals surface area contributed by atoms with Crippen LogP contribution in [-0.4, -0.2) is 11.0 Å². The molecular formula is C27H21N3OS. The number of urea groups is 1. The van der Waals surface area contributed by atoms with Crippen molar-refractivity contribution >= 4 is 39.0 Å². The standard InChI is InChI=1S/C27H21N3OS/c1-18-7-16-24-25(17-18)32-26(30-24)21-10-14-23(15-11-21)29-27(31)28-22-12-8-20(9-13-22)19-5-3-2-4-6-19/h2-17H,1H3,(H2,28,29,31). The topological polar surface area (TPSA) is 54.0 Å². The average Bonchev–Trinajstić information content (AvgIpc) is 3.24. The quantitative estimate of drug-likeness (QED) is 0.306. The van der Waals surface area contributed by atoms with E-state index in [1.807, 2.05) is 66.7 Å². The molecule has 0 atom stereocenters. The van der Waals surface area contributed by atoms with E-state index in [9.17, 15) is 4.79 Å². The Morgan fingerprint density at radius 2 is 1.31 bits per heavy atom. The molecule has 4 aromatic carbocycles. The number of anilines is 2. The van der Waals surface area contributed by atoms with Crippen LogP contribution in [0.5, 0.6) is 0 Å². The third kappa shape index (κ3) is 4.38. The van der Waals surface area contributed by atoms with E-state index in [-0.39, 0.29) is 6.03 Å². The van der Waals surface area contributed by atoms with Crippen LogP contribution in [0.25, 0.3) is 31.9 Å². The predicted molar refractivity (Wildman–Crippen MR) is 134 cm³/mol. The molecule has 0 aliphatic carbocycles. The lowest BCUT2D eigenvalue weighted by atomic mass is 10.1. The van der Waals surface area contributed by atoms with E-state index in [1.54, 1.807) is 11.3 Å². The first-order chi connectivity index (χ1) is 15.6. The first-order valence-corrected chi connectivity index (χ1v) is 11.2. The minimum absolute atomic E-state index is 0.277. The number of aromatic nitrogens is 1. The number of nitrogens with zero attached hydrogens (tertiary/aromatic N) is 1. The summed E-state index contributed by atoms with van der Waals surface area (Å²) in [5.74, 6) is 0. The van der Waals surface area contributed by atoms with Crippen LogP contribution in [0.4, 0.5) is 16.2 Å². The van der Waals surface area contributed by atoms with Crippen molar-refractivity contribution in [3.05, 3.63) is 103 Å². The van der Waals surface area contributed by atoms with Gasteiger partial charge in [-0.25, -0.2) is 9.78 Å². The van der Waals surface area contributed by atoms with Crippen LogP contribution in [0.15, 0.2) is 97.1 Å². The van der Waals surface area contributed by atoms with Crippen LogP contribution in [0, 0.1) is 6.92 Å². The summed E-state index contributed by atoms with van der Waals surface area (Å²) in [4.78, 5) is 17.1. The maximum atomic E-state index is 12.4. The molecule has 2 N–H and O–H groups in total. The van der Waals surface area contributed by atoms with Crippen molar-refractivity contribution in [3.8, 4) is 21.7 Å². The second-order valence-corrected chi connectivity index (χ2v) is 8.62. The predicted octanol–water partition coefficient (Wildman–Crippen LogP) is 7.58. The normalized spacial score (nSPS) is 10.8. The first kappa shape index (κ1) is 20.0. The Labute approximate surface area is 190 Å². The average molecular weight is 436 g/mol. The number of benzene rings is 4. The summed E-state index contributed by atoms with van der Waals surface area (Å²) < 4.78 is 1.18. The van der Waals surface area contributed by atoms with E-state index in [0.29, 0.717) is 0 Å². The zero-order valence-electron chi connectivity index (χ0n) is 17.5. The molecule has 5 rings (SSSR count). The van der Waals surface area contributed by atoms with Gasteiger partial charge in [-0.2, -0.15) is 0 Å². The van der Waals surface area contributed by atoms with Gasteiger partial charge in [0.15, 0.2) is 0 Å². The molecular weight excluding hydrogens is 414 g/mol. The fraction of sp³-hybridized carbons (Fsp3) is 0.0370. The van der Waals surface area contributed by atoms with Gasteiger partial charge < -0.3 is 10.6 Å². The van der Waals surface area contributed by atoms with Gasteiger partial charge in [0.25, 0.3) is 0 Å². The van der Waals surface area contributed by atoms with Crippen LogP contribution in [-0.2, 0) is 0 Å². The maximum Gasteiger partial charge on any atom is 0.323 e. The zero-order chi connectivity index (χ0) is 21.9. The van der Waals surface area contributed by atoms with Gasteiger partial charge in [-0.15, -0.1) is 11.3 Å². The van der Waals surface area contributed by atoms with Gasteiger partial charge >= 0.3 is 6.03 Å². The molecule has 0 spiro atoms. The Hall–Kier alpha value is -3.96. The molecule has 0 saturated carbocycles. The first-order valence-electron chi connectivity index (χ1n) is 10.4. The molecule has 0 aliphatic rings. The molecule has 0 saturated heterocycles. The SMILES string of the molecule is Cc1ccc2nc(-c3ccc(NC(=O)Nc4ccc(-c5ccccc5)cc4)cc3)sc2c1. The Morgan fingerprint density at radius 3 is 1.97 bits per heavy atom. The van der Waals surface area contributed by atoms with E-state index >= 15 is 0 Å². The molecule has 1 aromatic heterocycles. The summed E-state index contributed by atoms with van der Waals surface area (Å²) in [6.07, 6.45) is 0. The summed E-state index contributed by atoms with van der Waals surface area (Å²) in [7, 11) is 0. The number of carbonyl (C=O) groups is 1. The molecule has 156 valence electrons. The number of nitrogens with one attached hydrogen (secondary N) is 2. The summed E-state index contributed by atoms with van der Waals surface area (Å²) >= 11 is 1.67. The van der Waals surface area contributed by atoms with Crippen molar-refractivity contribution < 1.29 is 4.79 Å². The fourth-order valence-electron chi connectivity index (χ4n) is 3.52. The summed E-state index contributed by atoms with van der Waals surface area (Å²) in [6.45, 7) is 2.09. The number of thiazole rings is 1. The zero-order valence-corrected chi connectivity index (χ0v) is 18.3. The lowest BCUT2D eigenvalue weighted by Crippen LogP contribution is -2.19. The van der Waals surface area contributed by atoms with Crippen molar-refractivity contribution in [3.63, 3.8) is 0 Å². The maximum absolute atomic E-state index is 12.4. The van der Waals surface area contributed by atoms with E-state index in [0.717, 1.165) is 38.6 Å². The molecule has 0 fully saturated rings. The Balaban J connectivity index is 1.23. The molecule has 5 heteroatoms. The fourth-order valence-corrected chi connectivity index (χ4v) is 4.59. The smallest absolute Gasteiger partial charge is 0.308 e. The highest BCUT2D eigenvalue weighted by atomic mass is 32.1. The van der Waals surface area contributed by atoms with E-state index in [2.05, 4.69) is 47.9 Å². The summed E-state index contributed by atoms with van der Waals surface area (Å²) in [5.41, 5.74) is 6.99. The van der Waals surface area contributed by atoms with E-state index < -0.39 is 0 Å². The van der Waals surface area contributed by atoms with Crippen LogP contribution >= 0.6 is 11.3 Å². The molecule has 0 aliphatic heterocycles. The molecule has 2 amide bonds. The number of fused-ring (bicyclic) bond motifs is 1. The van der Waals surface area contributed by atoms with Crippen molar-refractivity contribution in [2.45, 2.75) is 6.92 Å². The number of carbonyl (C=O) groups excluding carboxylic acids is 1. The molecule has 0 radical (unpaired) electrons. The monoisotopic (exact) mass is 435 g/mol. The van der Waals surface area contributed by atoms with Gasteiger partial charge in [-0.3, -0.25) is 0 Å². The van der Waals surface area contributed by atoms with Gasteiger partial charge in [0.2, 0.25) is 0 Å². The van der Waals surface area contributed by atoms with Gasteiger partial charge in [-0.05, 0) is 72.1 Å². The highest BCUT2D eigenvalue weighted by Crippen LogP contribution is 2.31. The minimum atomic E-state index is -0.277. The van der Waals surface area contributed by atoms with Gasteiger partial charge in [-0.1, -0.05) is 48.5 Å². The molecule has 0 bridgehead atoms. The third-order valence-electron chi connectivity index (χ3n) is 5.18. The number of amides is 2. The highest BCUT2D eigenvalue weighted by molar-refractivity contribution is 7.21. The minimum Gasteiger partial charge on any atom is -0.308 e. The Morgan fingerprint density at radius 1 is 0.719 bits per heavy atom. The second kappa shape index (κ2) is 8.65. The number of aryl methyl sites for hydroxylation is 1. The van der Waals surface area contributed by atoms with E-state index in [4.69, 9.17) is 4.98 Å². The van der Waals surface area contributed by atoms with Gasteiger partial charge in [0, 0.05) is 16.9 Å². The largest absolute Gasteiger partial charge is 0.323 e. The molecule has 4 nitrogen and oxygen atoms in total. The molecule has 1 heterocycles. The van der Waals surface area contributed by atoms with E-state index in [1.165, 1.54) is 10.3 Å². The van der Waals surface area contributed by atoms with Gasteiger partial charge in [0.05, 0.1) is 10.2 Å². The van der Waals surface area contributed by atoms with Gasteiger partial charge in [0.1, 0.15) is 5.01 Å². The lowest BCUT2D eigenvalue weighted by molar-refractivity contribution is 0.262. The molecule has 5 aromatic rings. The van der Waals surface area contributed by atoms with Crippen LogP contribution in [0.1, 0.15) is 5.56 Å².